The van der Waals surface area contributed by atoms with Crippen LogP contribution in [0, 0.1) is 0 Å². The summed E-state index contributed by atoms with van der Waals surface area (Å²) >= 11 is 5.39. The molecule has 1 amide bonds. The molecule has 1 unspecified atom stereocenters. The van der Waals surface area contributed by atoms with Gasteiger partial charge in [0.05, 0.1) is 5.75 Å². The molecule has 0 spiro atoms. The Morgan fingerprint density at radius 3 is 2.71 bits per heavy atom. The van der Waals surface area contributed by atoms with E-state index in [9.17, 15) is 13.2 Å². The van der Waals surface area contributed by atoms with Crippen molar-refractivity contribution in [2.24, 2.45) is 0 Å². The summed E-state index contributed by atoms with van der Waals surface area (Å²) in [5.41, 5.74) is 0. The molecule has 4 nitrogen and oxygen atoms in total. The van der Waals surface area contributed by atoms with E-state index in [1.165, 1.54) is 0 Å². The average Bonchev–Trinajstić information content (AvgIpc) is 2.13. The average molecular weight is 240 g/mol. The topological polar surface area (TPSA) is 63.2 Å². The molecular weight excluding hydrogens is 226 g/mol. The quantitative estimate of drug-likeness (QED) is 0.721. The second-order valence-corrected chi connectivity index (χ2v) is 6.01. The Morgan fingerprint density at radius 2 is 2.14 bits per heavy atom. The van der Waals surface area contributed by atoms with Gasteiger partial charge in [-0.05, 0) is 12.8 Å². The second kappa shape index (κ2) is 4.98. The predicted molar refractivity (Wildman–Crippen MR) is 55.2 cm³/mol. The van der Waals surface area contributed by atoms with Crippen LogP contribution in [0.3, 0.4) is 0 Å². The van der Waals surface area contributed by atoms with Gasteiger partial charge in [0.25, 0.3) is 0 Å². The van der Waals surface area contributed by atoms with Crippen molar-refractivity contribution in [2.45, 2.75) is 24.5 Å². The van der Waals surface area contributed by atoms with Crippen LogP contribution in [0.15, 0.2) is 0 Å². The van der Waals surface area contributed by atoms with Gasteiger partial charge in [0.1, 0.15) is 5.25 Å². The van der Waals surface area contributed by atoms with Crippen molar-refractivity contribution in [3.8, 4) is 0 Å². The van der Waals surface area contributed by atoms with Gasteiger partial charge in [0, 0.05) is 12.4 Å². The van der Waals surface area contributed by atoms with Gasteiger partial charge >= 0.3 is 0 Å². The number of carbonyl (C=O) groups excluding carboxylic acids is 1. The number of amides is 1. The minimum atomic E-state index is -3.21. The second-order valence-electron chi connectivity index (χ2n) is 3.33. The molecule has 0 aromatic carbocycles. The fourth-order valence-corrected chi connectivity index (χ4v) is 3.45. The van der Waals surface area contributed by atoms with Gasteiger partial charge in [0.2, 0.25) is 5.91 Å². The minimum absolute atomic E-state index is 0.131. The van der Waals surface area contributed by atoms with Gasteiger partial charge in [-0.1, -0.05) is 6.42 Å². The Balaban J connectivity index is 2.61. The van der Waals surface area contributed by atoms with Gasteiger partial charge in [-0.25, -0.2) is 8.42 Å². The fourth-order valence-electron chi connectivity index (χ4n) is 1.53. The molecule has 0 aromatic rings. The first-order valence-corrected chi connectivity index (χ1v) is 6.88. The number of carbonyl (C=O) groups is 1. The lowest BCUT2D eigenvalue weighted by atomic mass is 10.2. The number of hydrogen-bond donors (Lipinski definition) is 1. The molecule has 1 aliphatic heterocycles. The lowest BCUT2D eigenvalue weighted by molar-refractivity contribution is -0.120. The number of nitrogens with one attached hydrogen (secondary N) is 1. The van der Waals surface area contributed by atoms with E-state index in [1.807, 2.05) is 0 Å². The summed E-state index contributed by atoms with van der Waals surface area (Å²) in [4.78, 5) is 11.4. The minimum Gasteiger partial charge on any atom is -0.354 e. The van der Waals surface area contributed by atoms with E-state index < -0.39 is 21.0 Å². The summed E-state index contributed by atoms with van der Waals surface area (Å²) in [7, 11) is -3.21. The molecule has 1 rings (SSSR count). The molecule has 1 heterocycles. The zero-order valence-corrected chi connectivity index (χ0v) is 9.40. The molecule has 1 saturated heterocycles. The largest absolute Gasteiger partial charge is 0.354 e. The van der Waals surface area contributed by atoms with Crippen LogP contribution in [-0.2, 0) is 14.6 Å². The van der Waals surface area contributed by atoms with Gasteiger partial charge in [0.15, 0.2) is 9.84 Å². The van der Waals surface area contributed by atoms with Crippen LogP contribution in [0.1, 0.15) is 19.3 Å². The molecule has 82 valence electrons. The fraction of sp³-hybridized carbons (Fsp3) is 0.875. The molecule has 1 N–H and O–H groups in total. The first kappa shape index (κ1) is 11.8. The van der Waals surface area contributed by atoms with Crippen molar-refractivity contribution in [1.82, 2.24) is 5.32 Å². The van der Waals surface area contributed by atoms with E-state index in [1.54, 1.807) is 0 Å². The van der Waals surface area contributed by atoms with Gasteiger partial charge < -0.3 is 5.32 Å². The molecule has 6 heteroatoms. The van der Waals surface area contributed by atoms with Gasteiger partial charge in [-0.3, -0.25) is 4.79 Å². The first-order valence-electron chi connectivity index (χ1n) is 4.63. The molecular formula is C8H14ClNO3S. The highest BCUT2D eigenvalue weighted by atomic mass is 35.5. The molecule has 0 saturated carbocycles. The van der Waals surface area contributed by atoms with Crippen LogP contribution in [0.25, 0.3) is 0 Å². The summed E-state index contributed by atoms with van der Waals surface area (Å²) < 4.78 is 23.0. The lowest BCUT2D eigenvalue weighted by Gasteiger charge is -2.21. The summed E-state index contributed by atoms with van der Waals surface area (Å²) in [5.74, 6) is 0.0372. The predicted octanol–water partition coefficient (Wildman–Crippen LogP) is 0.309. The number of rotatable bonds is 3. The summed E-state index contributed by atoms with van der Waals surface area (Å²) in [6, 6.07) is 0. The molecule has 1 fully saturated rings. The normalized spacial score (nSPS) is 25.6. The van der Waals surface area contributed by atoms with Crippen LogP contribution < -0.4 is 5.32 Å². The van der Waals surface area contributed by atoms with Crippen molar-refractivity contribution < 1.29 is 13.2 Å². The Kier molecular flexibility index (Phi) is 4.19. The standard InChI is InChI=1S/C8H14ClNO3S/c9-4-5-10-8(11)7-3-1-2-6-14(7,12)13/h7H,1-6H2,(H,10,11). The summed E-state index contributed by atoms with van der Waals surface area (Å²) in [5, 5.41) is 1.66. The van der Waals surface area contributed by atoms with Crippen molar-refractivity contribution in [1.29, 1.82) is 0 Å². The van der Waals surface area contributed by atoms with Gasteiger partial charge in [-0.15, -0.1) is 11.6 Å². The molecule has 1 atom stereocenters. The van der Waals surface area contributed by atoms with E-state index in [0.29, 0.717) is 25.3 Å². The lowest BCUT2D eigenvalue weighted by Crippen LogP contribution is -2.43. The molecule has 14 heavy (non-hydrogen) atoms. The maximum Gasteiger partial charge on any atom is 0.238 e. The molecule has 0 aliphatic carbocycles. The van der Waals surface area contributed by atoms with Crippen LogP contribution >= 0.6 is 11.6 Å². The summed E-state index contributed by atoms with van der Waals surface area (Å²) in [6.45, 7) is 0.326. The summed E-state index contributed by atoms with van der Waals surface area (Å²) in [6.07, 6.45) is 1.91. The third-order valence-electron chi connectivity index (χ3n) is 2.26. The third-order valence-corrected chi connectivity index (χ3v) is 4.63. The number of halogens is 1. The van der Waals surface area contributed by atoms with Gasteiger partial charge in [-0.2, -0.15) is 0 Å². The smallest absolute Gasteiger partial charge is 0.238 e. The Morgan fingerprint density at radius 1 is 1.43 bits per heavy atom. The zero-order valence-electron chi connectivity index (χ0n) is 7.83. The first-order chi connectivity index (χ1) is 6.58. The number of hydrogen-bond acceptors (Lipinski definition) is 3. The van der Waals surface area contributed by atoms with Crippen molar-refractivity contribution in [2.75, 3.05) is 18.2 Å². The Hall–Kier alpha value is -0.290. The van der Waals surface area contributed by atoms with Crippen molar-refractivity contribution >= 4 is 27.3 Å². The van der Waals surface area contributed by atoms with E-state index in [2.05, 4.69) is 5.32 Å². The monoisotopic (exact) mass is 239 g/mol. The highest BCUT2D eigenvalue weighted by Crippen LogP contribution is 2.19. The third kappa shape index (κ3) is 2.85. The van der Waals surface area contributed by atoms with E-state index in [-0.39, 0.29) is 5.75 Å². The molecule has 1 aliphatic rings. The Labute approximate surface area is 88.9 Å². The number of alkyl halides is 1. The molecule has 0 bridgehead atoms. The molecule has 0 aromatic heterocycles. The van der Waals surface area contributed by atoms with E-state index in [0.717, 1.165) is 6.42 Å². The molecule has 0 radical (unpaired) electrons. The van der Waals surface area contributed by atoms with Crippen LogP contribution in [-0.4, -0.2) is 37.8 Å². The van der Waals surface area contributed by atoms with E-state index >= 15 is 0 Å². The van der Waals surface area contributed by atoms with Crippen LogP contribution in [0.5, 0.6) is 0 Å². The van der Waals surface area contributed by atoms with Crippen molar-refractivity contribution in [3.05, 3.63) is 0 Å². The Bertz CT molecular complexity index is 302. The van der Waals surface area contributed by atoms with Crippen molar-refractivity contribution in [3.63, 3.8) is 0 Å². The highest BCUT2D eigenvalue weighted by Gasteiger charge is 2.34. The highest BCUT2D eigenvalue weighted by molar-refractivity contribution is 7.92. The number of sulfone groups is 1. The maximum absolute atomic E-state index is 11.5. The van der Waals surface area contributed by atoms with Crippen LogP contribution in [0.2, 0.25) is 0 Å². The van der Waals surface area contributed by atoms with E-state index in [4.69, 9.17) is 11.6 Å². The maximum atomic E-state index is 11.5. The zero-order chi connectivity index (χ0) is 10.6. The SMILES string of the molecule is O=C(NCCCl)C1CCCCS1(=O)=O. The van der Waals surface area contributed by atoms with Crippen LogP contribution in [0.4, 0.5) is 0 Å².